The lowest BCUT2D eigenvalue weighted by Gasteiger charge is -2.29. The van der Waals surface area contributed by atoms with E-state index in [-0.39, 0.29) is 5.56 Å². The number of halogens is 3. The van der Waals surface area contributed by atoms with Gasteiger partial charge in [-0.1, -0.05) is 18.2 Å². The zero-order chi connectivity index (χ0) is 23.5. The van der Waals surface area contributed by atoms with E-state index in [2.05, 4.69) is 52.2 Å². The van der Waals surface area contributed by atoms with Gasteiger partial charge in [-0.15, -0.1) is 0 Å². The van der Waals surface area contributed by atoms with Crippen LogP contribution in [0.5, 0.6) is 0 Å². The molecular weight excluding hydrogens is 427 g/mol. The molecule has 0 aliphatic carbocycles. The Morgan fingerprint density at radius 1 is 1.22 bits per heavy atom. The highest BCUT2D eigenvalue weighted by molar-refractivity contribution is 5.73. The summed E-state index contributed by atoms with van der Waals surface area (Å²) in [5, 5.41) is 10.00. The predicted octanol–water partition coefficient (Wildman–Crippen LogP) is 2.28. The van der Waals surface area contributed by atoms with Crippen LogP contribution in [0.25, 0.3) is 5.65 Å². The number of hydrogen-bond acceptors (Lipinski definition) is 5. The Hall–Kier alpha value is -3.18. The molecule has 0 bridgehead atoms. The molecule has 0 amide bonds. The molecule has 2 N–H and O–H groups in total. The van der Waals surface area contributed by atoms with Crippen molar-refractivity contribution in [3.8, 4) is 0 Å². The summed E-state index contributed by atoms with van der Waals surface area (Å²) in [6, 6.07) is 10.3. The molecule has 0 atom stereocenters. The molecule has 32 heavy (non-hydrogen) atoms. The summed E-state index contributed by atoms with van der Waals surface area (Å²) in [5.41, 5.74) is 5.64. The molecule has 3 aromatic rings. The number of nitrogens with one attached hydrogen (secondary N) is 1. The molecule has 1 aliphatic rings. The summed E-state index contributed by atoms with van der Waals surface area (Å²) < 4.78 is 33.2. The van der Waals surface area contributed by atoms with Gasteiger partial charge in [0.05, 0.1) is 5.69 Å². The van der Waals surface area contributed by atoms with Gasteiger partial charge in [-0.2, -0.15) is 13.2 Å². The first-order valence-electron chi connectivity index (χ1n) is 9.87. The minimum absolute atomic E-state index is 0.0595. The maximum Gasteiger partial charge on any atom is 0.490 e. The maximum absolute atomic E-state index is 12.1. The van der Waals surface area contributed by atoms with Crippen molar-refractivity contribution >= 4 is 11.6 Å². The van der Waals surface area contributed by atoms with Crippen LogP contribution in [-0.2, 0) is 30.8 Å². The van der Waals surface area contributed by atoms with Gasteiger partial charge < -0.3 is 10.0 Å². The average molecular weight is 451 g/mol. The lowest BCUT2D eigenvalue weighted by Crippen LogP contribution is -2.31. The largest absolute Gasteiger partial charge is 0.490 e. The van der Waals surface area contributed by atoms with Crippen molar-refractivity contribution in [3.05, 3.63) is 69.3 Å². The zero-order valence-corrected chi connectivity index (χ0v) is 17.7. The Bertz CT molecular complexity index is 1150. The Balaban J connectivity index is 0.000000360. The summed E-state index contributed by atoms with van der Waals surface area (Å²) in [6.45, 7) is 3.58. The summed E-state index contributed by atoms with van der Waals surface area (Å²) >= 11 is 0. The number of rotatable bonds is 4. The number of fused-ring (bicyclic) bond motifs is 2. The van der Waals surface area contributed by atoms with Crippen LogP contribution in [0.2, 0.25) is 0 Å². The summed E-state index contributed by atoms with van der Waals surface area (Å²) in [6.07, 6.45) is -2.31. The van der Waals surface area contributed by atoms with Crippen molar-refractivity contribution in [3.63, 3.8) is 0 Å². The van der Waals surface area contributed by atoms with Crippen molar-refractivity contribution in [2.45, 2.75) is 32.2 Å². The third kappa shape index (κ3) is 5.95. The average Bonchev–Trinajstić information content (AvgIpc) is 3.16. The van der Waals surface area contributed by atoms with Crippen LogP contribution in [0.3, 0.4) is 0 Å². The van der Waals surface area contributed by atoms with Crippen molar-refractivity contribution in [2.75, 3.05) is 20.6 Å². The first-order valence-corrected chi connectivity index (χ1v) is 9.87. The lowest BCUT2D eigenvalue weighted by molar-refractivity contribution is -0.192. The van der Waals surface area contributed by atoms with Gasteiger partial charge in [0.25, 0.3) is 5.56 Å². The predicted molar refractivity (Wildman–Crippen MR) is 111 cm³/mol. The number of aromatic nitrogens is 3. The van der Waals surface area contributed by atoms with Crippen molar-refractivity contribution in [1.82, 2.24) is 24.4 Å². The Kier molecular flexibility index (Phi) is 6.99. The molecule has 172 valence electrons. The molecule has 1 aromatic carbocycles. The molecule has 0 saturated carbocycles. The molecule has 1 aliphatic heterocycles. The summed E-state index contributed by atoms with van der Waals surface area (Å²) in [5.74, 6) is -2.76. The number of aliphatic carboxylic acids is 1. The number of alkyl halides is 3. The van der Waals surface area contributed by atoms with E-state index in [1.54, 1.807) is 12.3 Å². The molecule has 4 rings (SSSR count). The van der Waals surface area contributed by atoms with E-state index in [4.69, 9.17) is 9.90 Å². The van der Waals surface area contributed by atoms with E-state index < -0.39 is 12.1 Å². The van der Waals surface area contributed by atoms with Gasteiger partial charge >= 0.3 is 12.1 Å². The Morgan fingerprint density at radius 2 is 1.94 bits per heavy atom. The SMILES string of the molecule is CN(C)Cc1ccc2c(c1)CCN(Cc1cc(=O)n3[nH]ccc3n1)C2.O=C(O)C(F)(F)F. The van der Waals surface area contributed by atoms with Crippen LogP contribution in [-0.4, -0.2) is 62.3 Å². The molecule has 11 heteroatoms. The van der Waals surface area contributed by atoms with Gasteiger partial charge in [0.15, 0.2) is 5.65 Å². The van der Waals surface area contributed by atoms with Crippen LogP contribution in [0.4, 0.5) is 13.2 Å². The van der Waals surface area contributed by atoms with Crippen molar-refractivity contribution in [1.29, 1.82) is 0 Å². The Labute approximate surface area is 181 Å². The van der Waals surface area contributed by atoms with Crippen LogP contribution < -0.4 is 5.56 Å². The fourth-order valence-corrected chi connectivity index (χ4v) is 3.55. The quantitative estimate of drug-likeness (QED) is 0.632. The smallest absolute Gasteiger partial charge is 0.475 e. The number of hydrogen-bond donors (Lipinski definition) is 2. The van der Waals surface area contributed by atoms with Gasteiger partial charge in [-0.3, -0.25) is 14.8 Å². The van der Waals surface area contributed by atoms with E-state index >= 15 is 0 Å². The highest BCUT2D eigenvalue weighted by Gasteiger charge is 2.38. The molecule has 8 nitrogen and oxygen atoms in total. The number of nitrogens with zero attached hydrogens (tertiary/aromatic N) is 4. The fraction of sp³-hybridized carbons (Fsp3) is 0.381. The number of carbonyl (C=O) groups is 1. The van der Waals surface area contributed by atoms with Crippen LogP contribution >= 0.6 is 0 Å². The number of carboxylic acid groups (broad SMARTS) is 1. The fourth-order valence-electron chi connectivity index (χ4n) is 3.55. The monoisotopic (exact) mass is 451 g/mol. The molecule has 2 aromatic heterocycles. The Morgan fingerprint density at radius 3 is 2.59 bits per heavy atom. The third-order valence-electron chi connectivity index (χ3n) is 4.92. The number of aromatic amines is 1. The minimum atomic E-state index is -5.08. The van der Waals surface area contributed by atoms with E-state index in [9.17, 15) is 18.0 Å². The van der Waals surface area contributed by atoms with Crippen LogP contribution in [0.15, 0.2) is 41.3 Å². The van der Waals surface area contributed by atoms with Gasteiger partial charge in [-0.25, -0.2) is 14.3 Å². The van der Waals surface area contributed by atoms with E-state index in [0.29, 0.717) is 12.2 Å². The molecule has 0 saturated heterocycles. The lowest BCUT2D eigenvalue weighted by atomic mass is 9.97. The third-order valence-corrected chi connectivity index (χ3v) is 4.92. The molecule has 0 radical (unpaired) electrons. The van der Waals surface area contributed by atoms with Gasteiger partial charge in [0, 0.05) is 44.5 Å². The second-order valence-electron chi connectivity index (χ2n) is 7.85. The number of carboxylic acids is 1. The summed E-state index contributed by atoms with van der Waals surface area (Å²) in [7, 11) is 4.19. The van der Waals surface area contributed by atoms with Crippen molar-refractivity contribution in [2.24, 2.45) is 0 Å². The molecular formula is C21H24F3N5O3. The number of H-pyrrole nitrogens is 1. The second-order valence-corrected chi connectivity index (χ2v) is 7.85. The normalized spacial score (nSPS) is 14.2. The molecule has 0 spiro atoms. The second kappa shape index (κ2) is 9.53. The van der Waals surface area contributed by atoms with Gasteiger partial charge in [0.1, 0.15) is 0 Å². The maximum atomic E-state index is 12.1. The van der Waals surface area contributed by atoms with E-state index in [1.165, 1.54) is 21.2 Å². The van der Waals surface area contributed by atoms with E-state index in [0.717, 1.165) is 31.7 Å². The first-order chi connectivity index (χ1) is 15.0. The van der Waals surface area contributed by atoms with Crippen molar-refractivity contribution < 1.29 is 23.1 Å². The first kappa shape index (κ1) is 23.5. The molecule has 0 unspecified atom stereocenters. The molecule has 3 heterocycles. The van der Waals surface area contributed by atoms with E-state index in [1.807, 2.05) is 6.07 Å². The summed E-state index contributed by atoms with van der Waals surface area (Å²) in [4.78, 5) is 30.1. The highest BCUT2D eigenvalue weighted by Crippen LogP contribution is 2.22. The zero-order valence-electron chi connectivity index (χ0n) is 17.7. The standard InChI is InChI=1S/C19H23N5O.C2HF3O2/c1-22(2)11-14-3-4-16-12-23(8-6-15(16)9-14)13-17-10-19(25)24-18(21-17)5-7-20-24;3-2(4,5)1(6)7/h3-5,7,9-10,20H,6,8,11-13H2,1-2H3;(H,6,7). The van der Waals surface area contributed by atoms with Gasteiger partial charge in [0.2, 0.25) is 0 Å². The minimum Gasteiger partial charge on any atom is -0.475 e. The van der Waals surface area contributed by atoms with Gasteiger partial charge in [-0.05, 0) is 37.2 Å². The topological polar surface area (TPSA) is 93.9 Å². The molecule has 0 fully saturated rings. The van der Waals surface area contributed by atoms with Crippen LogP contribution in [0.1, 0.15) is 22.4 Å². The van der Waals surface area contributed by atoms with Crippen LogP contribution in [0, 0.1) is 0 Å². The number of benzene rings is 1. The highest BCUT2D eigenvalue weighted by atomic mass is 19.4.